The van der Waals surface area contributed by atoms with Gasteiger partial charge in [-0.1, -0.05) is 93.1 Å². The highest BCUT2D eigenvalue weighted by atomic mass is 16.2. The minimum Gasteiger partial charge on any atom is -0.370 e. The maximum absolute atomic E-state index is 13.7. The smallest absolute Gasteiger partial charge is 0.288 e. The van der Waals surface area contributed by atoms with Crippen LogP contribution in [-0.4, -0.2) is 59.4 Å². The molecule has 47 heavy (non-hydrogen) atoms. The third-order valence-electron chi connectivity index (χ3n) is 8.05. The first-order chi connectivity index (χ1) is 22.3. The Morgan fingerprint density at radius 1 is 0.787 bits per heavy atom. The number of hydrogen-bond acceptors (Lipinski definition) is 7. The van der Waals surface area contributed by atoms with E-state index in [9.17, 15) is 33.6 Å². The third kappa shape index (κ3) is 9.45. The highest BCUT2D eigenvalue weighted by Gasteiger charge is 2.53. The van der Waals surface area contributed by atoms with Gasteiger partial charge in [0.1, 0.15) is 11.6 Å². The number of rotatable bonds is 17. The summed E-state index contributed by atoms with van der Waals surface area (Å²) in [5.74, 6) is -9.49. The van der Waals surface area contributed by atoms with Crippen molar-refractivity contribution in [3.8, 4) is 0 Å². The Kier molecular flexibility index (Phi) is 12.3. The summed E-state index contributed by atoms with van der Waals surface area (Å²) in [6, 6.07) is 20.5. The molecule has 13 heteroatoms. The molecule has 6 amide bonds. The van der Waals surface area contributed by atoms with Crippen molar-refractivity contribution in [2.75, 3.05) is 6.54 Å². The predicted molar refractivity (Wildman–Crippen MR) is 174 cm³/mol. The fraction of sp³-hybridized carbons (Fsp3) is 0.324. The highest BCUT2D eigenvalue weighted by Crippen LogP contribution is 2.32. The molecule has 0 aliphatic carbocycles. The summed E-state index contributed by atoms with van der Waals surface area (Å²) >= 11 is 0. The number of nitrogens with one attached hydrogen (secondary N) is 3. The van der Waals surface area contributed by atoms with Gasteiger partial charge in [0.15, 0.2) is 0 Å². The lowest BCUT2D eigenvalue weighted by Gasteiger charge is -2.39. The molecule has 3 rings (SSSR count). The van der Waals surface area contributed by atoms with Gasteiger partial charge in [0.25, 0.3) is 5.91 Å². The lowest BCUT2D eigenvalue weighted by molar-refractivity contribution is -0.149. The van der Waals surface area contributed by atoms with E-state index in [1.807, 2.05) is 36.4 Å². The van der Waals surface area contributed by atoms with Gasteiger partial charge in [-0.05, 0) is 27.8 Å². The number of carbonyl (C=O) groups is 7. The Bertz CT molecular complexity index is 1660. The van der Waals surface area contributed by atoms with Crippen LogP contribution in [0, 0.1) is 11.8 Å². The lowest BCUT2D eigenvalue weighted by atomic mass is 9.70. The Morgan fingerprint density at radius 2 is 1.43 bits per heavy atom. The first-order valence-corrected chi connectivity index (χ1v) is 15.1. The van der Waals surface area contributed by atoms with Gasteiger partial charge in [-0.25, -0.2) is 0 Å². The zero-order valence-corrected chi connectivity index (χ0v) is 26.3. The second-order valence-electron chi connectivity index (χ2n) is 11.5. The van der Waals surface area contributed by atoms with Crippen LogP contribution in [0.4, 0.5) is 0 Å². The Balaban J connectivity index is 1.77. The lowest BCUT2D eigenvalue weighted by Crippen LogP contribution is -2.67. The van der Waals surface area contributed by atoms with Crippen LogP contribution in [0.5, 0.6) is 0 Å². The normalized spacial score (nSPS) is 14.1. The molecule has 248 valence electrons. The molecule has 0 fully saturated rings. The molecule has 0 aliphatic rings. The molecule has 0 heterocycles. The summed E-state index contributed by atoms with van der Waals surface area (Å²) in [4.78, 5) is 90.1. The molecule has 4 unspecified atom stereocenters. The van der Waals surface area contributed by atoms with Crippen LogP contribution in [0.1, 0.15) is 37.8 Å². The summed E-state index contributed by atoms with van der Waals surface area (Å²) in [5.41, 5.74) is 15.7. The SMILES string of the molecule is CCC(C)C(C(=O)C(=O)NCC(=O)NC(Cc1ccc2ccccc2c1)C(N)=O)C(CC(N)=O)(NC(=O)Cc1ccccc1)C(N)=O. The molecule has 9 N–H and O–H groups in total. The molecule has 0 spiro atoms. The number of fused-ring (bicyclic) bond motifs is 1. The maximum Gasteiger partial charge on any atom is 0.288 e. The van der Waals surface area contributed by atoms with E-state index in [1.54, 1.807) is 50.2 Å². The van der Waals surface area contributed by atoms with Gasteiger partial charge < -0.3 is 33.2 Å². The molecule has 0 saturated heterocycles. The molecule has 0 aliphatic heterocycles. The van der Waals surface area contributed by atoms with Crippen molar-refractivity contribution < 1.29 is 33.6 Å². The zero-order valence-electron chi connectivity index (χ0n) is 26.3. The fourth-order valence-corrected chi connectivity index (χ4v) is 5.55. The van der Waals surface area contributed by atoms with Crippen LogP contribution in [0.25, 0.3) is 10.8 Å². The monoisotopic (exact) mass is 644 g/mol. The van der Waals surface area contributed by atoms with E-state index in [1.165, 1.54) is 0 Å². The molecular weight excluding hydrogens is 604 g/mol. The molecule has 0 bridgehead atoms. The van der Waals surface area contributed by atoms with E-state index in [-0.39, 0.29) is 19.3 Å². The summed E-state index contributed by atoms with van der Waals surface area (Å²) in [7, 11) is 0. The average molecular weight is 645 g/mol. The van der Waals surface area contributed by atoms with Gasteiger partial charge in [-0.3, -0.25) is 33.6 Å². The quantitative estimate of drug-likeness (QED) is 0.111. The predicted octanol–water partition coefficient (Wildman–Crippen LogP) is 0.158. The van der Waals surface area contributed by atoms with E-state index >= 15 is 0 Å². The summed E-state index contributed by atoms with van der Waals surface area (Å²) in [5, 5.41) is 9.04. The van der Waals surface area contributed by atoms with Gasteiger partial charge in [-0.15, -0.1) is 0 Å². The Morgan fingerprint density at radius 3 is 2.02 bits per heavy atom. The zero-order chi connectivity index (χ0) is 34.7. The van der Waals surface area contributed by atoms with Gasteiger partial charge in [0, 0.05) is 6.42 Å². The maximum atomic E-state index is 13.7. The van der Waals surface area contributed by atoms with E-state index in [0.29, 0.717) is 5.56 Å². The second kappa shape index (κ2) is 16.1. The number of amides is 6. The van der Waals surface area contributed by atoms with Crippen LogP contribution in [0.2, 0.25) is 0 Å². The summed E-state index contributed by atoms with van der Waals surface area (Å²) < 4.78 is 0. The molecular formula is C34H40N6O7. The number of nitrogens with two attached hydrogens (primary N) is 3. The standard InChI is InChI=1S/C34H40N6O7/c1-3-20(2)29(34(33(37)47,18-26(35)41)40-27(42)17-21-9-5-4-6-10-21)30(44)32(46)38-19-28(43)39-25(31(36)45)16-22-13-14-23-11-7-8-12-24(23)15-22/h4-15,20,25,29H,3,16-19H2,1-2H3,(H2,35,41)(H2,36,45)(H2,37,47)(H,38,46)(H,39,43)(H,40,42). The van der Waals surface area contributed by atoms with Crippen molar-refractivity contribution in [3.63, 3.8) is 0 Å². The van der Waals surface area contributed by atoms with Gasteiger partial charge >= 0.3 is 0 Å². The second-order valence-corrected chi connectivity index (χ2v) is 11.5. The van der Waals surface area contributed by atoms with Crippen LogP contribution in [0.3, 0.4) is 0 Å². The van der Waals surface area contributed by atoms with Crippen molar-refractivity contribution in [3.05, 3.63) is 83.9 Å². The van der Waals surface area contributed by atoms with Crippen LogP contribution in [-0.2, 0) is 46.4 Å². The minimum absolute atomic E-state index is 0.0752. The molecule has 0 saturated carbocycles. The van der Waals surface area contributed by atoms with Crippen LogP contribution in [0.15, 0.2) is 72.8 Å². The number of primary amides is 3. The fourth-order valence-electron chi connectivity index (χ4n) is 5.55. The summed E-state index contributed by atoms with van der Waals surface area (Å²) in [6.07, 6.45) is -0.761. The number of ketones is 1. The van der Waals surface area contributed by atoms with Crippen molar-refractivity contribution in [2.45, 2.75) is 51.1 Å². The highest BCUT2D eigenvalue weighted by molar-refractivity contribution is 6.38. The number of benzene rings is 3. The summed E-state index contributed by atoms with van der Waals surface area (Å²) in [6.45, 7) is 2.51. The topological polar surface area (TPSA) is 234 Å². The van der Waals surface area contributed by atoms with Crippen LogP contribution < -0.4 is 33.2 Å². The number of hydrogen-bond donors (Lipinski definition) is 6. The first kappa shape index (κ1) is 35.9. The Hall–Kier alpha value is -5.59. The molecule has 4 atom stereocenters. The van der Waals surface area contributed by atoms with Crippen LogP contribution >= 0.6 is 0 Å². The van der Waals surface area contributed by atoms with E-state index in [4.69, 9.17) is 17.2 Å². The minimum atomic E-state index is -2.35. The van der Waals surface area contributed by atoms with Gasteiger partial charge in [0.2, 0.25) is 35.3 Å². The van der Waals surface area contributed by atoms with Crippen molar-refractivity contribution >= 4 is 52.0 Å². The number of carbonyl (C=O) groups excluding carboxylic acids is 7. The van der Waals surface area contributed by atoms with E-state index in [0.717, 1.165) is 16.3 Å². The van der Waals surface area contributed by atoms with Gasteiger partial charge in [0.05, 0.1) is 25.3 Å². The van der Waals surface area contributed by atoms with Crippen molar-refractivity contribution in [2.24, 2.45) is 29.0 Å². The third-order valence-corrected chi connectivity index (χ3v) is 8.05. The Labute approximate surface area is 272 Å². The van der Waals surface area contributed by atoms with Crippen molar-refractivity contribution in [1.29, 1.82) is 0 Å². The molecule has 0 radical (unpaired) electrons. The largest absolute Gasteiger partial charge is 0.370 e. The van der Waals surface area contributed by atoms with Gasteiger partial charge in [-0.2, -0.15) is 0 Å². The van der Waals surface area contributed by atoms with Crippen molar-refractivity contribution in [1.82, 2.24) is 16.0 Å². The average Bonchev–Trinajstić information content (AvgIpc) is 3.03. The van der Waals surface area contributed by atoms with E-state index in [2.05, 4.69) is 16.0 Å². The van der Waals surface area contributed by atoms with E-state index < -0.39 is 77.6 Å². The molecule has 13 nitrogen and oxygen atoms in total. The first-order valence-electron chi connectivity index (χ1n) is 15.1. The molecule has 3 aromatic carbocycles. The molecule has 3 aromatic rings. The molecule has 0 aromatic heterocycles. The number of Topliss-reactive ketones (excluding diaryl/α,β-unsaturated/α-hetero) is 1.